The zero-order valence-electron chi connectivity index (χ0n) is 12.1. The molecule has 0 saturated heterocycles. The molecular formula is C16H20N4. The minimum Gasteiger partial charge on any atom is -0.313 e. The van der Waals surface area contributed by atoms with Gasteiger partial charge in [0.25, 0.3) is 0 Å². The number of hydrogen-bond acceptors (Lipinski definition) is 3. The van der Waals surface area contributed by atoms with Crippen molar-refractivity contribution in [2.75, 3.05) is 6.54 Å². The molecule has 0 aliphatic carbocycles. The number of benzene rings is 1. The molecule has 2 aromatic rings. The first-order valence-electron chi connectivity index (χ1n) is 7.06. The zero-order chi connectivity index (χ0) is 14.4. The summed E-state index contributed by atoms with van der Waals surface area (Å²) in [6.07, 6.45) is 5.64. The van der Waals surface area contributed by atoms with Crippen molar-refractivity contribution in [3.8, 4) is 11.8 Å². The van der Waals surface area contributed by atoms with Crippen LogP contribution in [0.1, 0.15) is 37.2 Å². The van der Waals surface area contributed by atoms with Crippen LogP contribution in [0.4, 0.5) is 0 Å². The van der Waals surface area contributed by atoms with Crippen LogP contribution in [0, 0.1) is 11.3 Å². The Kier molecular flexibility index (Phi) is 4.91. The number of hydrogen-bond donors (Lipinski definition) is 1. The quantitative estimate of drug-likeness (QED) is 0.820. The third kappa shape index (κ3) is 3.06. The van der Waals surface area contributed by atoms with Crippen LogP contribution < -0.4 is 5.32 Å². The Bertz CT molecular complexity index is 607. The van der Waals surface area contributed by atoms with Gasteiger partial charge in [0, 0.05) is 25.4 Å². The van der Waals surface area contributed by atoms with Gasteiger partial charge in [-0.25, -0.2) is 4.98 Å². The maximum Gasteiger partial charge on any atom is 0.112 e. The van der Waals surface area contributed by atoms with Gasteiger partial charge in [0.15, 0.2) is 0 Å². The number of aromatic nitrogens is 2. The molecule has 0 saturated carbocycles. The standard InChI is InChI=1S/C16H20N4/c1-3-7-18-12-13-5-6-15(14(10-13)11-17)20-9-8-19-16(20)4-2/h5-6,8-10,18H,3-4,7,12H2,1-2H3. The zero-order valence-corrected chi connectivity index (χ0v) is 12.1. The molecule has 0 aliphatic rings. The largest absolute Gasteiger partial charge is 0.313 e. The van der Waals surface area contributed by atoms with Crippen LogP contribution in [-0.4, -0.2) is 16.1 Å². The molecule has 0 spiro atoms. The molecule has 1 aromatic carbocycles. The molecule has 0 bridgehead atoms. The lowest BCUT2D eigenvalue weighted by Crippen LogP contribution is -2.14. The Morgan fingerprint density at radius 3 is 2.90 bits per heavy atom. The molecule has 4 heteroatoms. The molecule has 0 amide bonds. The monoisotopic (exact) mass is 268 g/mol. The van der Waals surface area contributed by atoms with E-state index >= 15 is 0 Å². The normalized spacial score (nSPS) is 10.4. The molecular weight excluding hydrogens is 248 g/mol. The third-order valence-electron chi connectivity index (χ3n) is 3.23. The molecule has 1 N–H and O–H groups in total. The minimum absolute atomic E-state index is 0.688. The summed E-state index contributed by atoms with van der Waals surface area (Å²) >= 11 is 0. The average Bonchev–Trinajstić information content (AvgIpc) is 2.95. The summed E-state index contributed by atoms with van der Waals surface area (Å²) in [5.41, 5.74) is 2.73. The first-order chi connectivity index (χ1) is 9.80. The number of rotatable bonds is 6. The first kappa shape index (κ1) is 14.3. The van der Waals surface area contributed by atoms with Crippen LogP contribution in [0.25, 0.3) is 5.69 Å². The summed E-state index contributed by atoms with van der Waals surface area (Å²) in [6.45, 7) is 5.99. The van der Waals surface area contributed by atoms with Gasteiger partial charge in [-0.15, -0.1) is 0 Å². The highest BCUT2D eigenvalue weighted by atomic mass is 15.1. The van der Waals surface area contributed by atoms with Crippen LogP contribution >= 0.6 is 0 Å². The highest BCUT2D eigenvalue weighted by Crippen LogP contribution is 2.18. The topological polar surface area (TPSA) is 53.6 Å². The summed E-state index contributed by atoms with van der Waals surface area (Å²) in [4.78, 5) is 4.31. The Morgan fingerprint density at radius 2 is 2.20 bits per heavy atom. The number of imidazole rings is 1. The maximum absolute atomic E-state index is 9.37. The van der Waals surface area contributed by atoms with Crippen molar-refractivity contribution in [1.29, 1.82) is 5.26 Å². The Hall–Kier alpha value is -2.12. The molecule has 0 radical (unpaired) electrons. The fraction of sp³-hybridized carbons (Fsp3) is 0.375. The number of nitrogens with one attached hydrogen (secondary N) is 1. The molecule has 104 valence electrons. The molecule has 2 rings (SSSR count). The molecule has 0 aliphatic heterocycles. The predicted octanol–water partition coefficient (Wildman–Crippen LogP) is 2.81. The lowest BCUT2D eigenvalue weighted by atomic mass is 10.1. The molecule has 1 aromatic heterocycles. The molecule has 0 atom stereocenters. The number of nitrogens with zero attached hydrogens (tertiary/aromatic N) is 3. The van der Waals surface area contributed by atoms with E-state index in [0.717, 1.165) is 43.0 Å². The van der Waals surface area contributed by atoms with Gasteiger partial charge in [-0.05, 0) is 30.7 Å². The minimum atomic E-state index is 0.688. The van der Waals surface area contributed by atoms with Crippen LogP contribution in [0.5, 0.6) is 0 Å². The SMILES string of the molecule is CCCNCc1ccc(-n2ccnc2CC)c(C#N)c1. The van der Waals surface area contributed by atoms with Gasteiger partial charge in [-0.2, -0.15) is 5.26 Å². The van der Waals surface area contributed by atoms with E-state index in [2.05, 4.69) is 36.3 Å². The fourth-order valence-electron chi connectivity index (χ4n) is 2.22. The smallest absolute Gasteiger partial charge is 0.112 e. The molecule has 0 unspecified atom stereocenters. The van der Waals surface area contributed by atoms with Gasteiger partial charge in [0.1, 0.15) is 11.9 Å². The van der Waals surface area contributed by atoms with Crippen molar-refractivity contribution in [1.82, 2.24) is 14.9 Å². The number of aryl methyl sites for hydroxylation is 1. The maximum atomic E-state index is 9.37. The second-order valence-corrected chi connectivity index (χ2v) is 4.71. The van der Waals surface area contributed by atoms with Crippen molar-refractivity contribution in [2.24, 2.45) is 0 Å². The number of nitriles is 1. The van der Waals surface area contributed by atoms with E-state index in [1.807, 2.05) is 22.9 Å². The molecule has 1 heterocycles. The van der Waals surface area contributed by atoms with Crippen LogP contribution in [-0.2, 0) is 13.0 Å². The van der Waals surface area contributed by atoms with Crippen molar-refractivity contribution < 1.29 is 0 Å². The van der Waals surface area contributed by atoms with Crippen LogP contribution in [0.3, 0.4) is 0 Å². The van der Waals surface area contributed by atoms with Crippen molar-refractivity contribution in [2.45, 2.75) is 33.2 Å². The van der Waals surface area contributed by atoms with Gasteiger partial charge in [-0.1, -0.05) is 19.9 Å². The fourth-order valence-corrected chi connectivity index (χ4v) is 2.22. The van der Waals surface area contributed by atoms with Gasteiger partial charge in [0.05, 0.1) is 11.3 Å². The van der Waals surface area contributed by atoms with Gasteiger partial charge in [-0.3, -0.25) is 0 Å². The first-order valence-corrected chi connectivity index (χ1v) is 7.06. The Morgan fingerprint density at radius 1 is 1.35 bits per heavy atom. The second kappa shape index (κ2) is 6.88. The Balaban J connectivity index is 2.29. The van der Waals surface area contributed by atoms with E-state index in [4.69, 9.17) is 0 Å². The lowest BCUT2D eigenvalue weighted by Gasteiger charge is -2.10. The van der Waals surface area contributed by atoms with Gasteiger partial charge < -0.3 is 9.88 Å². The summed E-state index contributed by atoms with van der Waals surface area (Å²) < 4.78 is 1.99. The van der Waals surface area contributed by atoms with E-state index < -0.39 is 0 Å². The lowest BCUT2D eigenvalue weighted by molar-refractivity contribution is 0.675. The average molecular weight is 268 g/mol. The summed E-state index contributed by atoms with van der Waals surface area (Å²) in [6, 6.07) is 8.32. The second-order valence-electron chi connectivity index (χ2n) is 4.71. The third-order valence-corrected chi connectivity index (χ3v) is 3.23. The van der Waals surface area contributed by atoms with Crippen molar-refractivity contribution >= 4 is 0 Å². The highest BCUT2D eigenvalue weighted by molar-refractivity contribution is 5.51. The summed E-state index contributed by atoms with van der Waals surface area (Å²) in [7, 11) is 0. The van der Waals surface area contributed by atoms with E-state index in [9.17, 15) is 5.26 Å². The van der Waals surface area contributed by atoms with Gasteiger partial charge in [0.2, 0.25) is 0 Å². The van der Waals surface area contributed by atoms with Crippen LogP contribution in [0.15, 0.2) is 30.6 Å². The van der Waals surface area contributed by atoms with E-state index in [1.54, 1.807) is 6.20 Å². The van der Waals surface area contributed by atoms with E-state index in [1.165, 1.54) is 0 Å². The molecule has 4 nitrogen and oxygen atoms in total. The summed E-state index contributed by atoms with van der Waals surface area (Å²) in [5, 5.41) is 12.7. The Labute approximate surface area is 120 Å². The van der Waals surface area contributed by atoms with Crippen molar-refractivity contribution in [3.63, 3.8) is 0 Å². The highest BCUT2D eigenvalue weighted by Gasteiger charge is 2.09. The summed E-state index contributed by atoms with van der Waals surface area (Å²) in [5.74, 6) is 0.971. The molecule has 20 heavy (non-hydrogen) atoms. The predicted molar refractivity (Wildman–Crippen MR) is 79.7 cm³/mol. The molecule has 0 fully saturated rings. The van der Waals surface area contributed by atoms with E-state index in [0.29, 0.717) is 5.56 Å². The van der Waals surface area contributed by atoms with Crippen molar-refractivity contribution in [3.05, 3.63) is 47.5 Å². The van der Waals surface area contributed by atoms with Crippen LogP contribution in [0.2, 0.25) is 0 Å². The van der Waals surface area contributed by atoms with E-state index in [-0.39, 0.29) is 0 Å². The van der Waals surface area contributed by atoms with Gasteiger partial charge >= 0.3 is 0 Å².